The first kappa shape index (κ1) is 35.0. The van der Waals surface area contributed by atoms with Gasteiger partial charge < -0.3 is 24.8 Å². The van der Waals surface area contributed by atoms with Crippen LogP contribution in [-0.2, 0) is 28.2 Å². The van der Waals surface area contributed by atoms with Crippen LogP contribution in [0.5, 0.6) is 5.75 Å². The standard InChI is InChI=1S/C41H42FN5O5/c1-26-36(40(2,3)42)35(21-22-46-25-33(44-45-46)37(48)28-13-9-6-10-14-28)52-41(26)32-23-30(43-38(49)29-15-18-31(51-4)19-16-29)17-20-34(32)47(39(41)50)24-27-11-7-5-8-12-27/h5-20,23,25-26,35-37,48H,21-22,24H2,1-4H3,(H,43,49)/t26-,35+,36-,37-,41+/m1/s1. The fourth-order valence-electron chi connectivity index (χ4n) is 7.88. The highest BCUT2D eigenvalue weighted by atomic mass is 19.1. The van der Waals surface area contributed by atoms with E-state index in [4.69, 9.17) is 9.47 Å². The molecule has 2 aliphatic heterocycles. The summed E-state index contributed by atoms with van der Waals surface area (Å²) >= 11 is 0. The molecule has 0 radical (unpaired) electrons. The second-order valence-corrected chi connectivity index (χ2v) is 14.1. The molecule has 0 unspecified atom stereocenters. The SMILES string of the molecule is COc1ccc(C(=O)Nc2ccc3c(c2)[C@]2(O[C@@H](CCn4cc([C@H](O)c5ccccc5)nn4)[C@H](C(C)(C)F)[C@H]2C)C(=O)N3Cc2ccccc2)cc1. The third kappa shape index (κ3) is 6.46. The predicted octanol–water partition coefficient (Wildman–Crippen LogP) is 6.85. The Labute approximate surface area is 302 Å². The number of halogens is 1. The number of anilines is 2. The Morgan fingerprint density at radius 3 is 2.40 bits per heavy atom. The molecule has 1 fully saturated rings. The molecule has 2 aliphatic rings. The third-order valence-electron chi connectivity index (χ3n) is 10.3. The number of aliphatic hydroxyl groups excluding tert-OH is 1. The van der Waals surface area contributed by atoms with Crippen LogP contribution in [0, 0.1) is 11.8 Å². The van der Waals surface area contributed by atoms with Crippen LogP contribution < -0.4 is 15.0 Å². The minimum Gasteiger partial charge on any atom is -0.497 e. The van der Waals surface area contributed by atoms with Crippen molar-refractivity contribution in [2.75, 3.05) is 17.3 Å². The first-order valence-electron chi connectivity index (χ1n) is 17.4. The number of aliphatic hydroxyl groups is 1. The summed E-state index contributed by atoms with van der Waals surface area (Å²) in [6.07, 6.45) is 0.397. The minimum atomic E-state index is -1.71. The van der Waals surface area contributed by atoms with Gasteiger partial charge in [0.2, 0.25) is 0 Å². The average Bonchev–Trinajstić information content (AvgIpc) is 3.81. The van der Waals surface area contributed by atoms with Gasteiger partial charge in [-0.2, -0.15) is 0 Å². The van der Waals surface area contributed by atoms with Crippen LogP contribution in [0.15, 0.2) is 109 Å². The highest BCUT2D eigenvalue weighted by molar-refractivity contribution is 6.09. The molecular formula is C41H42FN5O5. The highest BCUT2D eigenvalue weighted by Crippen LogP contribution is 2.59. The lowest BCUT2D eigenvalue weighted by Crippen LogP contribution is -2.45. The van der Waals surface area contributed by atoms with E-state index in [9.17, 15) is 14.7 Å². The van der Waals surface area contributed by atoms with Crippen molar-refractivity contribution in [2.45, 2.75) is 63.8 Å². The monoisotopic (exact) mass is 703 g/mol. The molecule has 4 aromatic carbocycles. The minimum absolute atomic E-state index is 0.275. The summed E-state index contributed by atoms with van der Waals surface area (Å²) in [7, 11) is 1.56. The Balaban J connectivity index is 1.21. The van der Waals surface area contributed by atoms with E-state index in [-0.39, 0.29) is 11.8 Å². The van der Waals surface area contributed by atoms with Crippen LogP contribution in [0.3, 0.4) is 0 Å². The fourth-order valence-corrected chi connectivity index (χ4v) is 7.88. The van der Waals surface area contributed by atoms with E-state index in [0.29, 0.717) is 59.0 Å². The summed E-state index contributed by atoms with van der Waals surface area (Å²) in [5, 5.41) is 22.3. The van der Waals surface area contributed by atoms with Gasteiger partial charge in [-0.15, -0.1) is 5.10 Å². The van der Waals surface area contributed by atoms with E-state index in [1.54, 1.807) is 59.3 Å². The maximum atomic E-state index is 16.4. The van der Waals surface area contributed by atoms with E-state index in [1.165, 1.54) is 13.8 Å². The first-order chi connectivity index (χ1) is 25.0. The number of benzene rings is 4. The van der Waals surface area contributed by atoms with E-state index in [0.717, 1.165) is 5.56 Å². The number of aryl methyl sites for hydroxylation is 1. The lowest BCUT2D eigenvalue weighted by atomic mass is 9.71. The number of rotatable bonds is 11. The molecule has 11 heteroatoms. The Bertz CT molecular complexity index is 2050. The maximum absolute atomic E-state index is 16.4. The smallest absolute Gasteiger partial charge is 0.264 e. The fraction of sp³-hybridized carbons (Fsp3) is 0.317. The largest absolute Gasteiger partial charge is 0.497 e. The Morgan fingerprint density at radius 1 is 1.04 bits per heavy atom. The van der Waals surface area contributed by atoms with Gasteiger partial charge >= 0.3 is 0 Å². The van der Waals surface area contributed by atoms with Crippen molar-refractivity contribution in [3.8, 4) is 5.75 Å². The Hall–Kier alpha value is -5.39. The number of methoxy groups -OCH3 is 1. The summed E-state index contributed by atoms with van der Waals surface area (Å²) in [5.74, 6) is -1.22. The molecule has 52 heavy (non-hydrogen) atoms. The zero-order valence-corrected chi connectivity index (χ0v) is 29.6. The summed E-state index contributed by atoms with van der Waals surface area (Å²) in [5.41, 5.74) is 0.951. The predicted molar refractivity (Wildman–Crippen MR) is 195 cm³/mol. The molecular weight excluding hydrogens is 661 g/mol. The summed E-state index contributed by atoms with van der Waals surface area (Å²) in [4.78, 5) is 29.9. The van der Waals surface area contributed by atoms with E-state index < -0.39 is 35.3 Å². The van der Waals surface area contributed by atoms with E-state index >= 15 is 4.39 Å². The number of fused-ring (bicyclic) bond motifs is 2. The van der Waals surface area contributed by atoms with Gasteiger partial charge in [0.25, 0.3) is 11.8 Å². The van der Waals surface area contributed by atoms with Crippen LogP contribution in [0.2, 0.25) is 0 Å². The van der Waals surface area contributed by atoms with Crippen molar-refractivity contribution in [1.82, 2.24) is 15.0 Å². The molecule has 1 aromatic heterocycles. The number of alkyl halides is 1. The number of amides is 2. The van der Waals surface area contributed by atoms with Crippen molar-refractivity contribution in [3.05, 3.63) is 137 Å². The lowest BCUT2D eigenvalue weighted by molar-refractivity contribution is -0.146. The second-order valence-electron chi connectivity index (χ2n) is 14.1. The molecule has 1 saturated heterocycles. The Kier molecular flexibility index (Phi) is 9.41. The number of aromatic nitrogens is 3. The molecule has 2 amide bonds. The number of ether oxygens (including phenoxy) is 2. The Morgan fingerprint density at radius 2 is 1.73 bits per heavy atom. The van der Waals surface area contributed by atoms with Crippen molar-refractivity contribution < 1.29 is 28.6 Å². The van der Waals surface area contributed by atoms with Gasteiger partial charge in [0.15, 0.2) is 5.60 Å². The topological polar surface area (TPSA) is 119 Å². The second kappa shape index (κ2) is 14.0. The molecule has 3 heterocycles. The molecule has 2 N–H and O–H groups in total. The lowest BCUT2D eigenvalue weighted by Gasteiger charge is -2.32. The quantitative estimate of drug-likeness (QED) is 0.155. The molecule has 10 nitrogen and oxygen atoms in total. The molecule has 0 bridgehead atoms. The van der Waals surface area contributed by atoms with Crippen LogP contribution in [0.4, 0.5) is 15.8 Å². The summed E-state index contributed by atoms with van der Waals surface area (Å²) in [6.45, 7) is 5.55. The summed E-state index contributed by atoms with van der Waals surface area (Å²) < 4.78 is 30.1. The maximum Gasteiger partial charge on any atom is 0.264 e. The van der Waals surface area contributed by atoms with Gasteiger partial charge in [0.1, 0.15) is 23.2 Å². The molecule has 1 spiro atoms. The van der Waals surface area contributed by atoms with Gasteiger partial charge in [0, 0.05) is 35.2 Å². The zero-order valence-electron chi connectivity index (χ0n) is 29.6. The molecule has 0 saturated carbocycles. The molecule has 5 aromatic rings. The first-order valence-corrected chi connectivity index (χ1v) is 17.4. The molecule has 5 atom stereocenters. The number of nitrogens with zero attached hydrogens (tertiary/aromatic N) is 4. The van der Waals surface area contributed by atoms with Crippen LogP contribution in [-0.4, -0.2) is 50.8 Å². The van der Waals surface area contributed by atoms with Gasteiger partial charge in [-0.25, -0.2) is 4.39 Å². The van der Waals surface area contributed by atoms with Crippen molar-refractivity contribution in [2.24, 2.45) is 11.8 Å². The normalized spacial score (nSPS) is 21.7. The van der Waals surface area contributed by atoms with Crippen LogP contribution >= 0.6 is 0 Å². The molecule has 0 aliphatic carbocycles. The van der Waals surface area contributed by atoms with E-state index in [1.807, 2.05) is 73.7 Å². The van der Waals surface area contributed by atoms with Crippen LogP contribution in [0.25, 0.3) is 0 Å². The number of carbonyl (C=O) groups excluding carboxylic acids is 2. The number of nitrogens with one attached hydrogen (secondary N) is 1. The van der Waals surface area contributed by atoms with Crippen LogP contribution in [0.1, 0.15) is 66.0 Å². The summed E-state index contributed by atoms with van der Waals surface area (Å²) in [6, 6.07) is 31.0. The zero-order chi connectivity index (χ0) is 36.6. The van der Waals surface area contributed by atoms with Gasteiger partial charge in [-0.3, -0.25) is 14.3 Å². The van der Waals surface area contributed by atoms with Gasteiger partial charge in [0.05, 0.1) is 31.6 Å². The van der Waals surface area contributed by atoms with Gasteiger partial charge in [-0.1, -0.05) is 72.8 Å². The average molecular weight is 704 g/mol. The van der Waals surface area contributed by atoms with Crippen molar-refractivity contribution >= 4 is 23.2 Å². The van der Waals surface area contributed by atoms with Crippen molar-refractivity contribution in [3.63, 3.8) is 0 Å². The van der Waals surface area contributed by atoms with E-state index in [2.05, 4.69) is 15.6 Å². The number of carbonyl (C=O) groups is 2. The third-order valence-corrected chi connectivity index (χ3v) is 10.3. The van der Waals surface area contributed by atoms with Crippen molar-refractivity contribution in [1.29, 1.82) is 0 Å². The molecule has 7 rings (SSSR count). The van der Waals surface area contributed by atoms with Gasteiger partial charge in [-0.05, 0) is 73.9 Å². The number of hydrogen-bond acceptors (Lipinski definition) is 7. The number of hydrogen-bond donors (Lipinski definition) is 2. The highest BCUT2D eigenvalue weighted by Gasteiger charge is 2.66. The molecule has 268 valence electrons.